The van der Waals surface area contributed by atoms with Gasteiger partial charge in [-0.05, 0) is 64.7 Å². The number of hydrogen-bond acceptors (Lipinski definition) is 1. The van der Waals surface area contributed by atoms with Crippen LogP contribution in [0.2, 0.25) is 0 Å². The molecule has 0 fully saturated rings. The van der Waals surface area contributed by atoms with Gasteiger partial charge in [0.25, 0.3) is 0 Å². The Morgan fingerprint density at radius 2 is 1.94 bits per heavy atom. The fraction of sp³-hybridized carbons (Fsp3) is 0.500. The summed E-state index contributed by atoms with van der Waals surface area (Å²) in [7, 11) is 0. The standard InChI is InChI=1S/C30H39N/c1-9-21(5)30(8,17-15-19(2)3)24-14-13-20(4)27-26(24)28-25-22(16-18-31-28)11-10-12-23(25)29(27,6)7/h10-13,15-19,21,24H,9,14H2,1-8H3. The van der Waals surface area contributed by atoms with E-state index in [1.54, 1.807) is 0 Å². The maximum atomic E-state index is 5.06. The first kappa shape index (κ1) is 22.1. The predicted molar refractivity (Wildman–Crippen MR) is 135 cm³/mol. The Hall–Kier alpha value is -2.15. The molecule has 0 amide bonds. The summed E-state index contributed by atoms with van der Waals surface area (Å²) < 4.78 is 0. The summed E-state index contributed by atoms with van der Waals surface area (Å²) in [6, 6.07) is 8.96. The fourth-order valence-electron chi connectivity index (χ4n) is 6.13. The van der Waals surface area contributed by atoms with Crippen LogP contribution >= 0.6 is 0 Å². The molecule has 1 heteroatoms. The third-order valence-electron chi connectivity index (χ3n) is 8.28. The van der Waals surface area contributed by atoms with Gasteiger partial charge in [-0.3, -0.25) is 4.98 Å². The van der Waals surface area contributed by atoms with E-state index in [0.29, 0.717) is 17.8 Å². The molecule has 0 saturated carbocycles. The molecule has 164 valence electrons. The van der Waals surface area contributed by atoms with Crippen LogP contribution in [0.5, 0.6) is 0 Å². The van der Waals surface area contributed by atoms with Crippen molar-refractivity contribution in [2.75, 3.05) is 0 Å². The minimum absolute atomic E-state index is 0.0255. The van der Waals surface area contributed by atoms with Crippen molar-refractivity contribution in [3.63, 3.8) is 0 Å². The lowest BCUT2D eigenvalue weighted by molar-refractivity contribution is 0.198. The number of fused-ring (bicyclic) bond motifs is 1. The lowest BCUT2D eigenvalue weighted by Crippen LogP contribution is -2.38. The Labute approximate surface area is 189 Å². The van der Waals surface area contributed by atoms with Gasteiger partial charge in [-0.2, -0.15) is 0 Å². The van der Waals surface area contributed by atoms with Crippen LogP contribution in [0.25, 0.3) is 16.3 Å². The summed E-state index contributed by atoms with van der Waals surface area (Å²) in [6.45, 7) is 19.0. The summed E-state index contributed by atoms with van der Waals surface area (Å²) in [5, 5.41) is 2.68. The second-order valence-electron chi connectivity index (χ2n) is 10.9. The molecule has 0 aliphatic heterocycles. The van der Waals surface area contributed by atoms with E-state index in [0.717, 1.165) is 6.42 Å². The van der Waals surface area contributed by atoms with E-state index in [9.17, 15) is 0 Å². The van der Waals surface area contributed by atoms with Crippen LogP contribution in [-0.2, 0) is 5.41 Å². The number of nitrogens with zero attached hydrogens (tertiary/aromatic N) is 1. The van der Waals surface area contributed by atoms with Crippen molar-refractivity contribution in [2.24, 2.45) is 23.2 Å². The zero-order valence-corrected chi connectivity index (χ0v) is 20.7. The van der Waals surface area contributed by atoms with Gasteiger partial charge in [0.15, 0.2) is 0 Å². The third kappa shape index (κ3) is 3.32. The molecule has 1 aromatic heterocycles. The van der Waals surface area contributed by atoms with Crippen molar-refractivity contribution in [3.05, 3.63) is 71.1 Å². The topological polar surface area (TPSA) is 12.9 Å². The molecule has 0 bridgehead atoms. The molecule has 3 atom stereocenters. The number of hydrogen-bond donors (Lipinski definition) is 0. The third-order valence-corrected chi connectivity index (χ3v) is 8.28. The van der Waals surface area contributed by atoms with Gasteiger partial charge in [-0.1, -0.05) is 96.9 Å². The highest BCUT2D eigenvalue weighted by atomic mass is 14.7. The highest BCUT2D eigenvalue weighted by molar-refractivity contribution is 6.01. The minimum Gasteiger partial charge on any atom is -0.256 e. The Morgan fingerprint density at radius 3 is 2.61 bits per heavy atom. The van der Waals surface area contributed by atoms with Crippen molar-refractivity contribution in [3.8, 4) is 0 Å². The van der Waals surface area contributed by atoms with Crippen LogP contribution in [0.4, 0.5) is 0 Å². The fourth-order valence-corrected chi connectivity index (χ4v) is 6.13. The van der Waals surface area contributed by atoms with Crippen LogP contribution in [0.3, 0.4) is 0 Å². The molecule has 0 radical (unpaired) electrons. The summed E-state index contributed by atoms with van der Waals surface area (Å²) in [5.41, 5.74) is 7.16. The van der Waals surface area contributed by atoms with Gasteiger partial charge < -0.3 is 0 Å². The minimum atomic E-state index is -0.0255. The first-order valence-electron chi connectivity index (χ1n) is 12.1. The molecule has 2 aliphatic carbocycles. The Morgan fingerprint density at radius 1 is 1.19 bits per heavy atom. The average molecular weight is 414 g/mol. The normalized spacial score (nSPS) is 23.1. The van der Waals surface area contributed by atoms with Gasteiger partial charge >= 0.3 is 0 Å². The van der Waals surface area contributed by atoms with Gasteiger partial charge in [-0.15, -0.1) is 0 Å². The highest BCUT2D eigenvalue weighted by Crippen LogP contribution is 2.58. The summed E-state index contributed by atoms with van der Waals surface area (Å²) >= 11 is 0. The summed E-state index contributed by atoms with van der Waals surface area (Å²) in [5.74, 6) is 1.58. The van der Waals surface area contributed by atoms with Gasteiger partial charge in [0.1, 0.15) is 0 Å². The zero-order valence-electron chi connectivity index (χ0n) is 20.7. The van der Waals surface area contributed by atoms with Crippen molar-refractivity contribution in [1.82, 2.24) is 4.98 Å². The van der Waals surface area contributed by atoms with Crippen LogP contribution in [0.15, 0.2) is 59.8 Å². The zero-order chi connectivity index (χ0) is 22.6. The van der Waals surface area contributed by atoms with Crippen molar-refractivity contribution in [2.45, 2.75) is 73.6 Å². The number of aromatic nitrogens is 1. The maximum absolute atomic E-state index is 5.06. The van der Waals surface area contributed by atoms with Crippen LogP contribution in [0, 0.1) is 23.2 Å². The van der Waals surface area contributed by atoms with E-state index in [1.165, 1.54) is 45.2 Å². The number of allylic oxidation sites excluding steroid dienone is 6. The van der Waals surface area contributed by atoms with Gasteiger partial charge in [0.2, 0.25) is 0 Å². The van der Waals surface area contributed by atoms with Gasteiger partial charge in [0.05, 0.1) is 5.69 Å². The monoisotopic (exact) mass is 413 g/mol. The first-order chi connectivity index (χ1) is 14.6. The number of benzene rings is 1. The molecule has 0 saturated heterocycles. The molecule has 2 aliphatic rings. The quantitative estimate of drug-likeness (QED) is 0.448. The largest absolute Gasteiger partial charge is 0.256 e. The van der Waals surface area contributed by atoms with E-state index >= 15 is 0 Å². The number of pyridine rings is 1. The highest BCUT2D eigenvalue weighted by Gasteiger charge is 2.46. The van der Waals surface area contributed by atoms with E-state index in [-0.39, 0.29) is 10.8 Å². The lowest BCUT2D eigenvalue weighted by atomic mass is 9.56. The van der Waals surface area contributed by atoms with E-state index in [1.807, 2.05) is 6.20 Å². The maximum Gasteiger partial charge on any atom is 0.0749 e. The van der Waals surface area contributed by atoms with Crippen LogP contribution in [-0.4, -0.2) is 4.98 Å². The predicted octanol–water partition coefficient (Wildman–Crippen LogP) is 8.51. The van der Waals surface area contributed by atoms with Crippen LogP contribution < -0.4 is 0 Å². The number of rotatable bonds is 5. The molecule has 0 spiro atoms. The van der Waals surface area contributed by atoms with E-state index in [2.05, 4.69) is 97.9 Å². The first-order valence-corrected chi connectivity index (χ1v) is 12.1. The second-order valence-corrected chi connectivity index (χ2v) is 10.9. The molecular weight excluding hydrogens is 374 g/mol. The van der Waals surface area contributed by atoms with Crippen molar-refractivity contribution in [1.29, 1.82) is 0 Å². The average Bonchev–Trinajstić information content (AvgIpc) is 2.74. The second kappa shape index (κ2) is 7.76. The molecular formula is C30H39N. The smallest absolute Gasteiger partial charge is 0.0749 e. The van der Waals surface area contributed by atoms with Crippen molar-refractivity contribution >= 4 is 16.3 Å². The Bertz CT molecular complexity index is 1090. The Kier molecular flexibility index (Phi) is 5.53. The molecule has 1 nitrogen and oxygen atoms in total. The SMILES string of the molecule is CCC(C)C(C)(C=CC(C)C)C1CC=C(C)C2=C1c1nccc3cccc(c13)C2(C)C. The van der Waals surface area contributed by atoms with Gasteiger partial charge in [-0.25, -0.2) is 0 Å². The van der Waals surface area contributed by atoms with Crippen molar-refractivity contribution < 1.29 is 0 Å². The molecule has 1 heterocycles. The molecule has 3 unspecified atom stereocenters. The molecule has 0 N–H and O–H groups in total. The molecule has 2 aromatic rings. The van der Waals surface area contributed by atoms with E-state index < -0.39 is 0 Å². The molecule has 4 rings (SSSR count). The molecule has 31 heavy (non-hydrogen) atoms. The Balaban J connectivity index is 2.04. The summed E-state index contributed by atoms with van der Waals surface area (Å²) in [4.78, 5) is 5.06. The van der Waals surface area contributed by atoms with E-state index in [4.69, 9.17) is 4.98 Å². The van der Waals surface area contributed by atoms with Crippen LogP contribution in [0.1, 0.15) is 79.5 Å². The van der Waals surface area contributed by atoms with Gasteiger partial charge in [0, 0.05) is 17.0 Å². The summed E-state index contributed by atoms with van der Waals surface area (Å²) in [6.07, 6.45) is 11.8. The molecule has 1 aromatic carbocycles. The lowest BCUT2D eigenvalue weighted by Gasteiger charge is -2.48.